The van der Waals surface area contributed by atoms with Crippen molar-refractivity contribution in [3.63, 3.8) is 0 Å². The Balaban J connectivity index is 1.26. The van der Waals surface area contributed by atoms with Gasteiger partial charge in [-0.3, -0.25) is 4.57 Å². The van der Waals surface area contributed by atoms with E-state index in [1.54, 1.807) is 0 Å². The van der Waals surface area contributed by atoms with E-state index in [2.05, 4.69) is 77.4 Å². The normalized spacial score (nSPS) is 10.8. The van der Waals surface area contributed by atoms with Gasteiger partial charge in [0.15, 0.2) is 0 Å². The summed E-state index contributed by atoms with van der Waals surface area (Å²) >= 11 is 0. The smallest absolute Gasteiger partial charge is 0.144 e. The van der Waals surface area contributed by atoms with Crippen LogP contribution in [0.1, 0.15) is 0 Å². The van der Waals surface area contributed by atoms with Crippen LogP contribution in [0.2, 0.25) is 0 Å². The number of rotatable bonds is 8. The fraction of sp³-hybridized carbons (Fsp3) is 0. The van der Waals surface area contributed by atoms with E-state index in [0.29, 0.717) is 17.2 Å². The third-order valence-corrected chi connectivity index (χ3v) is 7.20. The van der Waals surface area contributed by atoms with Crippen LogP contribution in [0.4, 0.5) is 0 Å². The lowest BCUT2D eigenvalue weighted by molar-refractivity contribution is 0.460. The molecule has 0 amide bonds. The highest BCUT2D eigenvalue weighted by atomic mass is 16.5. The first-order chi connectivity index (χ1) is 21.3. The molecule has 0 bridgehead atoms. The number of para-hydroxylation sites is 2. The maximum absolute atomic E-state index is 6.31. The molecule has 1 aromatic heterocycles. The maximum atomic E-state index is 6.31. The minimum absolute atomic E-state index is 0.690. The molecule has 0 aliphatic heterocycles. The van der Waals surface area contributed by atoms with Crippen LogP contribution in [0.15, 0.2) is 170 Å². The minimum atomic E-state index is 0.690. The van der Waals surface area contributed by atoms with Gasteiger partial charge in [-0.1, -0.05) is 115 Å². The molecule has 0 aliphatic carbocycles. The second kappa shape index (κ2) is 11.9. The summed E-state index contributed by atoms with van der Waals surface area (Å²) in [6, 6.07) is 52.9. The van der Waals surface area contributed by atoms with Gasteiger partial charge in [-0.05, 0) is 47.5 Å². The number of hydrogen-bond donors (Lipinski definition) is 0. The van der Waals surface area contributed by atoms with Crippen LogP contribution in [0.25, 0.3) is 39.3 Å². The highest BCUT2D eigenvalue weighted by molar-refractivity contribution is 5.86. The van der Waals surface area contributed by atoms with E-state index in [-0.39, 0.29) is 0 Å². The fourth-order valence-corrected chi connectivity index (χ4v) is 5.26. The zero-order valence-corrected chi connectivity index (χ0v) is 23.4. The first kappa shape index (κ1) is 26.1. The van der Waals surface area contributed by atoms with Crippen LogP contribution in [0.5, 0.6) is 23.0 Å². The molecule has 0 unspecified atom stereocenters. The SMILES string of the molecule is c1ccc(Oc2cccc(Oc3cccc(-c4nccn4-c4c(-c5ccccc5)cccc4-c4ccccc4)c3)c2)cc1. The maximum Gasteiger partial charge on any atom is 0.144 e. The van der Waals surface area contributed by atoms with Crippen LogP contribution in [-0.4, -0.2) is 9.55 Å². The fourth-order valence-electron chi connectivity index (χ4n) is 5.26. The Kier molecular flexibility index (Phi) is 7.23. The molecule has 206 valence electrons. The largest absolute Gasteiger partial charge is 0.457 e. The molecular weight excluding hydrogens is 528 g/mol. The predicted molar refractivity (Wildman–Crippen MR) is 173 cm³/mol. The molecule has 4 heteroatoms. The second-order valence-corrected chi connectivity index (χ2v) is 10.1. The van der Waals surface area contributed by atoms with Gasteiger partial charge in [0.05, 0.1) is 5.69 Å². The lowest BCUT2D eigenvalue weighted by Gasteiger charge is -2.19. The number of imidazole rings is 1. The van der Waals surface area contributed by atoms with E-state index in [1.165, 1.54) is 0 Å². The molecule has 0 N–H and O–H groups in total. The first-order valence-electron chi connectivity index (χ1n) is 14.2. The van der Waals surface area contributed by atoms with Gasteiger partial charge in [0, 0.05) is 35.2 Å². The van der Waals surface area contributed by atoms with E-state index >= 15 is 0 Å². The van der Waals surface area contributed by atoms with Crippen molar-refractivity contribution in [2.45, 2.75) is 0 Å². The summed E-state index contributed by atoms with van der Waals surface area (Å²) in [5, 5.41) is 0. The van der Waals surface area contributed by atoms with E-state index < -0.39 is 0 Å². The standard InChI is InChI=1S/C39H28N2O2/c1-4-13-29(14-5-1)36-23-12-24-37(30-15-6-2-7-16-30)38(36)41-26-25-40-39(41)31-17-10-20-33(27-31)43-35-22-11-21-34(28-35)42-32-18-8-3-9-19-32/h1-28H. The predicted octanol–water partition coefficient (Wildman–Crippen LogP) is 10.5. The number of aromatic nitrogens is 2. The summed E-state index contributed by atoms with van der Waals surface area (Å²) in [4.78, 5) is 4.83. The Morgan fingerprint density at radius 3 is 1.51 bits per heavy atom. The zero-order valence-electron chi connectivity index (χ0n) is 23.4. The molecule has 0 radical (unpaired) electrons. The molecule has 6 aromatic carbocycles. The van der Waals surface area contributed by atoms with Gasteiger partial charge in [-0.15, -0.1) is 0 Å². The molecule has 0 atom stereocenters. The highest BCUT2D eigenvalue weighted by Gasteiger charge is 2.18. The monoisotopic (exact) mass is 556 g/mol. The van der Waals surface area contributed by atoms with Gasteiger partial charge < -0.3 is 9.47 Å². The van der Waals surface area contributed by atoms with Crippen LogP contribution < -0.4 is 9.47 Å². The molecule has 1 heterocycles. The van der Waals surface area contributed by atoms with Crippen LogP contribution in [-0.2, 0) is 0 Å². The summed E-state index contributed by atoms with van der Waals surface area (Å²) in [5.41, 5.74) is 6.56. The molecule has 7 aromatic rings. The summed E-state index contributed by atoms with van der Waals surface area (Å²) in [6.07, 6.45) is 3.88. The molecule has 0 aliphatic rings. The van der Waals surface area contributed by atoms with Crippen LogP contribution in [0.3, 0.4) is 0 Å². The van der Waals surface area contributed by atoms with Crippen molar-refractivity contribution in [3.8, 4) is 62.3 Å². The average molecular weight is 557 g/mol. The van der Waals surface area contributed by atoms with Gasteiger partial charge in [0.25, 0.3) is 0 Å². The number of hydrogen-bond acceptors (Lipinski definition) is 3. The van der Waals surface area contributed by atoms with Gasteiger partial charge in [-0.2, -0.15) is 0 Å². The molecule has 0 saturated heterocycles. The third kappa shape index (κ3) is 5.67. The van der Waals surface area contributed by atoms with Crippen molar-refractivity contribution >= 4 is 0 Å². The molecule has 7 rings (SSSR count). The minimum Gasteiger partial charge on any atom is -0.457 e. The molecule has 4 nitrogen and oxygen atoms in total. The van der Waals surface area contributed by atoms with Crippen molar-refractivity contribution in [2.24, 2.45) is 0 Å². The van der Waals surface area contributed by atoms with Crippen LogP contribution >= 0.6 is 0 Å². The van der Waals surface area contributed by atoms with Crippen LogP contribution in [0, 0.1) is 0 Å². The highest BCUT2D eigenvalue weighted by Crippen LogP contribution is 2.38. The Morgan fingerprint density at radius 2 is 0.884 bits per heavy atom. The number of ether oxygens (including phenoxy) is 2. The van der Waals surface area contributed by atoms with Crippen molar-refractivity contribution in [1.29, 1.82) is 0 Å². The van der Waals surface area contributed by atoms with Crippen molar-refractivity contribution in [1.82, 2.24) is 9.55 Å². The van der Waals surface area contributed by atoms with Gasteiger partial charge in [-0.25, -0.2) is 4.98 Å². The van der Waals surface area contributed by atoms with Crippen molar-refractivity contribution in [2.75, 3.05) is 0 Å². The average Bonchev–Trinajstić information content (AvgIpc) is 3.56. The molecule has 0 spiro atoms. The molecule has 0 fully saturated rings. The first-order valence-corrected chi connectivity index (χ1v) is 14.2. The Labute approximate surface area is 251 Å². The zero-order chi connectivity index (χ0) is 28.8. The van der Waals surface area contributed by atoms with E-state index in [1.807, 2.05) is 97.3 Å². The van der Waals surface area contributed by atoms with E-state index in [4.69, 9.17) is 14.5 Å². The summed E-state index contributed by atoms with van der Waals surface area (Å²) in [5.74, 6) is 3.71. The second-order valence-electron chi connectivity index (χ2n) is 10.1. The quantitative estimate of drug-likeness (QED) is 0.187. The van der Waals surface area contributed by atoms with Gasteiger partial charge >= 0.3 is 0 Å². The number of benzene rings is 6. The van der Waals surface area contributed by atoms with E-state index in [0.717, 1.165) is 45.1 Å². The van der Waals surface area contributed by atoms with Crippen molar-refractivity contribution < 1.29 is 9.47 Å². The summed E-state index contributed by atoms with van der Waals surface area (Å²) in [6.45, 7) is 0. The third-order valence-electron chi connectivity index (χ3n) is 7.20. The Hall–Kier alpha value is -5.87. The number of nitrogens with zero attached hydrogens (tertiary/aromatic N) is 2. The Morgan fingerprint density at radius 1 is 0.419 bits per heavy atom. The summed E-state index contributed by atoms with van der Waals surface area (Å²) in [7, 11) is 0. The molecular formula is C39H28N2O2. The Bertz CT molecular complexity index is 1910. The van der Waals surface area contributed by atoms with Gasteiger partial charge in [0.1, 0.15) is 28.8 Å². The van der Waals surface area contributed by atoms with Gasteiger partial charge in [0.2, 0.25) is 0 Å². The lowest BCUT2D eigenvalue weighted by Crippen LogP contribution is -2.02. The molecule has 43 heavy (non-hydrogen) atoms. The van der Waals surface area contributed by atoms with E-state index in [9.17, 15) is 0 Å². The summed E-state index contributed by atoms with van der Waals surface area (Å²) < 4.78 is 14.5. The molecule has 0 saturated carbocycles. The van der Waals surface area contributed by atoms with Crippen molar-refractivity contribution in [3.05, 3.63) is 170 Å². The lowest BCUT2D eigenvalue weighted by atomic mass is 9.95. The topological polar surface area (TPSA) is 36.3 Å².